The highest BCUT2D eigenvalue weighted by Gasteiger charge is 2.20. The second-order valence-corrected chi connectivity index (χ2v) is 12.8. The molecule has 0 atom stereocenters. The summed E-state index contributed by atoms with van der Waals surface area (Å²) in [5.74, 6) is 0. The molecule has 0 bridgehead atoms. The Kier molecular flexibility index (Phi) is 5.19. The SMILES string of the molecule is c1ccc(-c2ccc3c4ccccc4n(-c4cccc5c4oc4cccc(-c6ccc7c(c6)sc6ccccc67)c45)c3c2)cc1. The van der Waals surface area contributed by atoms with Gasteiger partial charge in [0.15, 0.2) is 5.58 Å². The van der Waals surface area contributed by atoms with E-state index in [1.807, 2.05) is 11.3 Å². The van der Waals surface area contributed by atoms with Gasteiger partial charge < -0.3 is 8.98 Å². The van der Waals surface area contributed by atoms with Crippen molar-refractivity contribution in [3.05, 3.63) is 152 Å². The molecular formula is C42H25NOS. The summed E-state index contributed by atoms with van der Waals surface area (Å²) in [6.45, 7) is 0. The minimum Gasteiger partial charge on any atom is -0.454 e. The van der Waals surface area contributed by atoms with E-state index < -0.39 is 0 Å². The van der Waals surface area contributed by atoms with Gasteiger partial charge >= 0.3 is 0 Å². The summed E-state index contributed by atoms with van der Waals surface area (Å²) in [6, 6.07) is 54.6. The molecule has 0 saturated carbocycles. The van der Waals surface area contributed by atoms with Crippen molar-refractivity contribution < 1.29 is 4.42 Å². The Labute approximate surface area is 263 Å². The normalized spacial score (nSPS) is 12.0. The standard InChI is InChI=1S/C42H25NOS/c1-2-10-26(11-3-1)27-20-22-31-30-12-4-6-16-35(30)43(37(31)24-27)36-17-8-15-34-41-29(14-9-18-38(41)44-42(34)36)28-21-23-33-32-13-5-7-19-39(32)45-40(33)25-28/h1-25H. The molecule has 10 aromatic rings. The summed E-state index contributed by atoms with van der Waals surface area (Å²) >= 11 is 1.86. The Morgan fingerprint density at radius 3 is 2.09 bits per heavy atom. The molecule has 0 radical (unpaired) electrons. The summed E-state index contributed by atoms with van der Waals surface area (Å²) < 4.78 is 11.8. The molecule has 45 heavy (non-hydrogen) atoms. The zero-order valence-corrected chi connectivity index (χ0v) is 25.0. The van der Waals surface area contributed by atoms with Crippen molar-refractivity contribution in [3.8, 4) is 27.9 Å². The minimum atomic E-state index is 0.899. The number of rotatable bonds is 3. The maximum Gasteiger partial charge on any atom is 0.159 e. The molecule has 3 aromatic heterocycles. The Hall–Kier alpha value is -5.64. The number of furan rings is 1. The first kappa shape index (κ1) is 24.8. The fourth-order valence-corrected chi connectivity index (χ4v) is 8.33. The third-order valence-corrected chi connectivity index (χ3v) is 10.3. The Balaban J connectivity index is 1.24. The maximum absolute atomic E-state index is 6.80. The van der Waals surface area contributed by atoms with E-state index in [0.29, 0.717) is 0 Å². The topological polar surface area (TPSA) is 18.1 Å². The van der Waals surface area contributed by atoms with E-state index in [-0.39, 0.29) is 0 Å². The summed E-state index contributed by atoms with van der Waals surface area (Å²) in [4.78, 5) is 0. The van der Waals surface area contributed by atoms with Gasteiger partial charge in [-0.2, -0.15) is 0 Å². The van der Waals surface area contributed by atoms with Crippen molar-refractivity contribution in [1.29, 1.82) is 0 Å². The lowest BCUT2D eigenvalue weighted by Gasteiger charge is -2.10. The van der Waals surface area contributed by atoms with Crippen LogP contribution in [0.1, 0.15) is 0 Å². The van der Waals surface area contributed by atoms with Crippen molar-refractivity contribution in [2.24, 2.45) is 0 Å². The fraction of sp³-hybridized carbons (Fsp3) is 0. The van der Waals surface area contributed by atoms with Gasteiger partial charge in [-0.1, -0.05) is 115 Å². The smallest absolute Gasteiger partial charge is 0.159 e. The molecule has 0 aliphatic rings. The van der Waals surface area contributed by atoms with E-state index in [4.69, 9.17) is 4.42 Å². The molecule has 3 heterocycles. The van der Waals surface area contributed by atoms with E-state index in [1.54, 1.807) is 0 Å². The van der Waals surface area contributed by atoms with Crippen molar-refractivity contribution in [2.75, 3.05) is 0 Å². The predicted molar refractivity (Wildman–Crippen MR) is 192 cm³/mol. The van der Waals surface area contributed by atoms with Crippen LogP contribution in [0.25, 0.3) is 91.9 Å². The molecule has 0 amide bonds. The number of aromatic nitrogens is 1. The zero-order chi connectivity index (χ0) is 29.5. The molecule has 3 heteroatoms. The average molecular weight is 592 g/mol. The second kappa shape index (κ2) is 9.43. The van der Waals surface area contributed by atoms with Crippen LogP contribution in [0.15, 0.2) is 156 Å². The number of hydrogen-bond donors (Lipinski definition) is 0. The maximum atomic E-state index is 6.80. The fourth-order valence-electron chi connectivity index (χ4n) is 7.18. The first-order chi connectivity index (χ1) is 22.3. The number of thiophene rings is 1. The van der Waals surface area contributed by atoms with Crippen LogP contribution in [-0.4, -0.2) is 4.57 Å². The van der Waals surface area contributed by atoms with Crippen LogP contribution in [0.2, 0.25) is 0 Å². The summed E-state index contributed by atoms with van der Waals surface area (Å²) in [5, 5.41) is 7.38. The number of hydrogen-bond acceptors (Lipinski definition) is 2. The lowest BCUT2D eigenvalue weighted by Crippen LogP contribution is -1.94. The molecule has 0 aliphatic carbocycles. The van der Waals surface area contributed by atoms with E-state index in [1.165, 1.54) is 64.2 Å². The molecule has 0 saturated heterocycles. The van der Waals surface area contributed by atoms with Crippen LogP contribution in [0.3, 0.4) is 0 Å². The average Bonchev–Trinajstić information content (AvgIpc) is 3.77. The number of fused-ring (bicyclic) bond motifs is 9. The van der Waals surface area contributed by atoms with E-state index >= 15 is 0 Å². The van der Waals surface area contributed by atoms with Gasteiger partial charge in [0.2, 0.25) is 0 Å². The third kappa shape index (κ3) is 3.62. The predicted octanol–water partition coefficient (Wildman–Crippen LogP) is 12.4. The summed E-state index contributed by atoms with van der Waals surface area (Å²) in [6.07, 6.45) is 0. The highest BCUT2D eigenvalue weighted by atomic mass is 32.1. The van der Waals surface area contributed by atoms with Gasteiger partial charge in [-0.3, -0.25) is 0 Å². The Morgan fingerprint density at radius 1 is 0.444 bits per heavy atom. The van der Waals surface area contributed by atoms with Gasteiger partial charge in [0.25, 0.3) is 0 Å². The van der Waals surface area contributed by atoms with Gasteiger partial charge in [-0.25, -0.2) is 0 Å². The van der Waals surface area contributed by atoms with Gasteiger partial charge in [0.1, 0.15) is 5.58 Å². The highest BCUT2D eigenvalue weighted by Crippen LogP contribution is 2.43. The third-order valence-electron chi connectivity index (χ3n) is 9.21. The molecule has 0 aliphatic heterocycles. The molecule has 0 fully saturated rings. The quantitative estimate of drug-likeness (QED) is 0.200. The Bertz CT molecular complexity index is 2760. The minimum absolute atomic E-state index is 0.899. The second-order valence-electron chi connectivity index (χ2n) is 11.7. The summed E-state index contributed by atoms with van der Waals surface area (Å²) in [5.41, 5.74) is 9.98. The largest absolute Gasteiger partial charge is 0.454 e. The Morgan fingerprint density at radius 2 is 1.16 bits per heavy atom. The van der Waals surface area contributed by atoms with Crippen LogP contribution in [0, 0.1) is 0 Å². The van der Waals surface area contributed by atoms with Crippen molar-refractivity contribution in [3.63, 3.8) is 0 Å². The first-order valence-electron chi connectivity index (χ1n) is 15.3. The number of nitrogens with zero attached hydrogens (tertiary/aromatic N) is 1. The lowest BCUT2D eigenvalue weighted by atomic mass is 9.98. The molecule has 2 nitrogen and oxygen atoms in total. The van der Waals surface area contributed by atoms with Crippen LogP contribution in [-0.2, 0) is 0 Å². The van der Waals surface area contributed by atoms with E-state index in [9.17, 15) is 0 Å². The summed E-state index contributed by atoms with van der Waals surface area (Å²) in [7, 11) is 0. The van der Waals surface area contributed by atoms with Crippen LogP contribution in [0.5, 0.6) is 0 Å². The number of para-hydroxylation sites is 2. The molecule has 10 rings (SSSR count). The lowest BCUT2D eigenvalue weighted by molar-refractivity contribution is 0.666. The van der Waals surface area contributed by atoms with Crippen molar-refractivity contribution in [2.45, 2.75) is 0 Å². The first-order valence-corrected chi connectivity index (χ1v) is 16.1. The van der Waals surface area contributed by atoms with Crippen molar-refractivity contribution in [1.82, 2.24) is 4.57 Å². The molecule has 7 aromatic carbocycles. The van der Waals surface area contributed by atoms with Crippen LogP contribution in [0.4, 0.5) is 0 Å². The van der Waals surface area contributed by atoms with E-state index in [2.05, 4.69) is 156 Å². The van der Waals surface area contributed by atoms with E-state index in [0.717, 1.165) is 27.6 Å². The highest BCUT2D eigenvalue weighted by molar-refractivity contribution is 7.25. The molecule has 210 valence electrons. The molecule has 0 N–H and O–H groups in total. The van der Waals surface area contributed by atoms with Crippen LogP contribution >= 0.6 is 11.3 Å². The van der Waals surface area contributed by atoms with Gasteiger partial charge in [0, 0.05) is 41.7 Å². The zero-order valence-electron chi connectivity index (χ0n) is 24.2. The monoisotopic (exact) mass is 591 g/mol. The van der Waals surface area contributed by atoms with Gasteiger partial charge in [-0.05, 0) is 58.7 Å². The number of benzene rings is 7. The van der Waals surface area contributed by atoms with Crippen LogP contribution < -0.4 is 0 Å². The molecular weight excluding hydrogens is 567 g/mol. The van der Waals surface area contributed by atoms with Gasteiger partial charge in [0.05, 0.1) is 16.7 Å². The molecule has 0 spiro atoms. The molecule has 0 unspecified atom stereocenters. The van der Waals surface area contributed by atoms with Crippen molar-refractivity contribution >= 4 is 75.3 Å². The van der Waals surface area contributed by atoms with Gasteiger partial charge in [-0.15, -0.1) is 11.3 Å².